The van der Waals surface area contributed by atoms with Crippen molar-refractivity contribution < 1.29 is 9.90 Å². The zero-order valence-corrected chi connectivity index (χ0v) is 12.2. The van der Waals surface area contributed by atoms with Gasteiger partial charge in [-0.2, -0.15) is 0 Å². The van der Waals surface area contributed by atoms with Gasteiger partial charge >= 0.3 is 5.97 Å². The van der Waals surface area contributed by atoms with Gasteiger partial charge in [-0.1, -0.05) is 29.8 Å². The maximum atomic E-state index is 11.5. The number of hydrogen-bond acceptors (Lipinski definition) is 2. The average Bonchev–Trinajstić information content (AvgIpc) is 2.94. The highest BCUT2D eigenvalue weighted by Crippen LogP contribution is 2.35. The lowest BCUT2D eigenvalue weighted by Crippen LogP contribution is -2.30. The monoisotopic (exact) mass is 284 g/mol. The van der Waals surface area contributed by atoms with Crippen molar-refractivity contribution in [3.63, 3.8) is 0 Å². The highest BCUT2D eigenvalue weighted by molar-refractivity contribution is 5.98. The van der Waals surface area contributed by atoms with Crippen LogP contribution < -0.4 is 4.90 Å². The van der Waals surface area contributed by atoms with Crippen LogP contribution in [0.2, 0.25) is 0 Å². The second-order valence-electron chi connectivity index (χ2n) is 5.64. The summed E-state index contributed by atoms with van der Waals surface area (Å²) in [6.45, 7) is 3.91. The van der Waals surface area contributed by atoms with Gasteiger partial charge in [-0.3, -0.25) is 0 Å². The first-order valence-electron chi connectivity index (χ1n) is 7.43. The minimum atomic E-state index is -0.895. The zero-order chi connectivity index (χ0) is 14.8. The average molecular weight is 284 g/mol. The molecular formula is C17H20N2O2. The number of piperidine rings is 1. The number of nitrogens with one attached hydrogen (secondary N) is 1. The van der Waals surface area contributed by atoms with E-state index < -0.39 is 5.97 Å². The molecule has 1 aliphatic rings. The Bertz CT molecular complexity index is 637. The zero-order valence-electron chi connectivity index (χ0n) is 12.2. The third-order valence-electron chi connectivity index (χ3n) is 4.10. The summed E-state index contributed by atoms with van der Waals surface area (Å²) < 4.78 is 0. The molecule has 4 nitrogen and oxygen atoms in total. The van der Waals surface area contributed by atoms with Crippen molar-refractivity contribution >= 4 is 11.7 Å². The standard InChI is InChI=1S/C17H20N2O2/c1-12-5-7-13(8-6-12)14-11-18-15(17(20)21)16(14)19-9-3-2-4-10-19/h5-8,11,18H,2-4,9-10H2,1H3,(H,20,21). The first-order valence-corrected chi connectivity index (χ1v) is 7.43. The van der Waals surface area contributed by atoms with Crippen molar-refractivity contribution in [2.45, 2.75) is 26.2 Å². The maximum absolute atomic E-state index is 11.5. The fourth-order valence-electron chi connectivity index (χ4n) is 2.98. The molecule has 0 saturated carbocycles. The number of carboxylic acids is 1. The van der Waals surface area contributed by atoms with E-state index in [0.29, 0.717) is 5.69 Å². The molecule has 0 atom stereocenters. The normalized spacial score (nSPS) is 15.2. The molecule has 2 N–H and O–H groups in total. The lowest BCUT2D eigenvalue weighted by Gasteiger charge is -2.29. The summed E-state index contributed by atoms with van der Waals surface area (Å²) in [5.74, 6) is -0.895. The predicted molar refractivity (Wildman–Crippen MR) is 84.0 cm³/mol. The van der Waals surface area contributed by atoms with Crippen LogP contribution in [0.3, 0.4) is 0 Å². The third-order valence-corrected chi connectivity index (χ3v) is 4.10. The molecule has 2 heterocycles. The van der Waals surface area contributed by atoms with Gasteiger partial charge in [0.25, 0.3) is 0 Å². The number of aromatic amines is 1. The summed E-state index contributed by atoms with van der Waals surface area (Å²) in [7, 11) is 0. The molecule has 1 fully saturated rings. The van der Waals surface area contributed by atoms with Gasteiger partial charge in [0.15, 0.2) is 0 Å². The van der Waals surface area contributed by atoms with Crippen molar-refractivity contribution in [1.82, 2.24) is 4.98 Å². The Kier molecular flexibility index (Phi) is 3.69. The molecule has 0 aliphatic carbocycles. The fraction of sp³-hybridized carbons (Fsp3) is 0.353. The summed E-state index contributed by atoms with van der Waals surface area (Å²) in [4.78, 5) is 16.7. The number of anilines is 1. The summed E-state index contributed by atoms with van der Waals surface area (Å²) in [5, 5.41) is 9.44. The molecule has 0 spiro atoms. The highest BCUT2D eigenvalue weighted by atomic mass is 16.4. The topological polar surface area (TPSA) is 56.3 Å². The second kappa shape index (κ2) is 5.64. The number of nitrogens with zero attached hydrogens (tertiary/aromatic N) is 1. The molecule has 1 aliphatic heterocycles. The first-order chi connectivity index (χ1) is 10.2. The third kappa shape index (κ3) is 2.66. The molecule has 110 valence electrons. The Morgan fingerprint density at radius 2 is 1.81 bits per heavy atom. The molecular weight excluding hydrogens is 264 g/mol. The molecule has 0 amide bonds. The van der Waals surface area contributed by atoms with Gasteiger partial charge in [-0.25, -0.2) is 4.79 Å². The van der Waals surface area contributed by atoms with Crippen LogP contribution in [0.1, 0.15) is 35.3 Å². The number of carboxylic acid groups (broad SMARTS) is 1. The van der Waals surface area contributed by atoms with E-state index in [1.165, 1.54) is 12.0 Å². The van der Waals surface area contributed by atoms with Crippen molar-refractivity contribution in [2.75, 3.05) is 18.0 Å². The van der Waals surface area contributed by atoms with Crippen LogP contribution in [-0.4, -0.2) is 29.1 Å². The second-order valence-corrected chi connectivity index (χ2v) is 5.64. The van der Waals surface area contributed by atoms with Gasteiger partial charge < -0.3 is 15.0 Å². The van der Waals surface area contributed by atoms with Crippen LogP contribution in [0.5, 0.6) is 0 Å². The number of aryl methyl sites for hydroxylation is 1. The minimum absolute atomic E-state index is 0.299. The fourth-order valence-corrected chi connectivity index (χ4v) is 2.98. The van der Waals surface area contributed by atoms with Gasteiger partial charge in [0.05, 0.1) is 5.69 Å². The van der Waals surface area contributed by atoms with Crippen LogP contribution in [0, 0.1) is 6.92 Å². The van der Waals surface area contributed by atoms with Gasteiger partial charge in [0.2, 0.25) is 0 Å². The number of hydrogen-bond donors (Lipinski definition) is 2. The van der Waals surface area contributed by atoms with Crippen LogP contribution in [0.4, 0.5) is 5.69 Å². The van der Waals surface area contributed by atoms with Crippen LogP contribution in [0.15, 0.2) is 30.5 Å². The summed E-state index contributed by atoms with van der Waals surface area (Å²) in [6.07, 6.45) is 5.29. The largest absolute Gasteiger partial charge is 0.477 e. The van der Waals surface area contributed by atoms with Crippen molar-refractivity contribution in [1.29, 1.82) is 0 Å². The van der Waals surface area contributed by atoms with Crippen molar-refractivity contribution in [2.24, 2.45) is 0 Å². The molecule has 2 aromatic rings. The molecule has 21 heavy (non-hydrogen) atoms. The Labute approximate surface area is 124 Å². The van der Waals surface area contributed by atoms with Crippen LogP contribution in [0.25, 0.3) is 11.1 Å². The molecule has 3 rings (SSSR count). The van der Waals surface area contributed by atoms with Gasteiger partial charge in [0, 0.05) is 24.8 Å². The Morgan fingerprint density at radius 3 is 2.43 bits per heavy atom. The van der Waals surface area contributed by atoms with Crippen molar-refractivity contribution in [3.05, 3.63) is 41.7 Å². The van der Waals surface area contributed by atoms with Crippen molar-refractivity contribution in [3.8, 4) is 11.1 Å². The lowest BCUT2D eigenvalue weighted by atomic mass is 10.0. The van der Waals surface area contributed by atoms with E-state index in [1.54, 1.807) is 0 Å². The van der Waals surface area contributed by atoms with E-state index in [1.807, 2.05) is 6.20 Å². The molecule has 0 radical (unpaired) electrons. The van der Waals surface area contributed by atoms with E-state index in [2.05, 4.69) is 41.1 Å². The van der Waals surface area contributed by atoms with E-state index in [9.17, 15) is 9.90 Å². The molecule has 4 heteroatoms. The molecule has 1 saturated heterocycles. The number of H-pyrrole nitrogens is 1. The van der Waals surface area contributed by atoms with E-state index in [-0.39, 0.29) is 0 Å². The number of rotatable bonds is 3. The highest BCUT2D eigenvalue weighted by Gasteiger charge is 2.24. The Balaban J connectivity index is 2.07. The van der Waals surface area contributed by atoms with E-state index in [0.717, 1.165) is 42.7 Å². The molecule has 1 aromatic carbocycles. The number of benzene rings is 1. The predicted octanol–water partition coefficient (Wildman–Crippen LogP) is 3.68. The van der Waals surface area contributed by atoms with Crippen LogP contribution >= 0.6 is 0 Å². The molecule has 1 aromatic heterocycles. The summed E-state index contributed by atoms with van der Waals surface area (Å²) in [5.41, 5.74) is 4.38. The Hall–Kier alpha value is -2.23. The smallest absolute Gasteiger partial charge is 0.354 e. The summed E-state index contributed by atoms with van der Waals surface area (Å²) in [6, 6.07) is 8.22. The Morgan fingerprint density at radius 1 is 1.14 bits per heavy atom. The summed E-state index contributed by atoms with van der Waals surface area (Å²) >= 11 is 0. The van der Waals surface area contributed by atoms with Gasteiger partial charge in [-0.15, -0.1) is 0 Å². The van der Waals surface area contributed by atoms with Gasteiger partial charge in [0.1, 0.15) is 5.69 Å². The quantitative estimate of drug-likeness (QED) is 0.904. The number of aromatic carboxylic acids is 1. The number of carbonyl (C=O) groups is 1. The molecule has 0 unspecified atom stereocenters. The SMILES string of the molecule is Cc1ccc(-c2c[nH]c(C(=O)O)c2N2CCCCC2)cc1. The molecule has 0 bridgehead atoms. The minimum Gasteiger partial charge on any atom is -0.477 e. The van der Waals surface area contributed by atoms with E-state index >= 15 is 0 Å². The van der Waals surface area contributed by atoms with E-state index in [4.69, 9.17) is 0 Å². The first kappa shape index (κ1) is 13.7. The lowest BCUT2D eigenvalue weighted by molar-refractivity contribution is 0.0692. The maximum Gasteiger partial charge on any atom is 0.354 e. The van der Waals surface area contributed by atoms with Crippen LogP contribution in [-0.2, 0) is 0 Å². The number of aromatic nitrogens is 1. The van der Waals surface area contributed by atoms with Gasteiger partial charge in [-0.05, 0) is 31.7 Å².